The van der Waals surface area contributed by atoms with E-state index in [-0.39, 0.29) is 11.9 Å². The topological polar surface area (TPSA) is 41.1 Å². The van der Waals surface area contributed by atoms with Gasteiger partial charge in [-0.2, -0.15) is 0 Å². The first-order valence-corrected chi connectivity index (χ1v) is 7.31. The summed E-state index contributed by atoms with van der Waals surface area (Å²) in [7, 11) is 0. The Morgan fingerprint density at radius 2 is 2.16 bits per heavy atom. The normalized spacial score (nSPS) is 17.4. The Kier molecular flexibility index (Phi) is 5.23. The zero-order valence-electron chi connectivity index (χ0n) is 11.3. The van der Waals surface area contributed by atoms with Crippen molar-refractivity contribution >= 4 is 17.5 Å². The van der Waals surface area contributed by atoms with E-state index in [0.717, 1.165) is 5.56 Å². The fraction of sp³-hybridized carbons (Fsp3) is 0.533. The lowest BCUT2D eigenvalue weighted by atomic mass is 10.1. The van der Waals surface area contributed by atoms with Gasteiger partial charge in [-0.05, 0) is 37.5 Å². The summed E-state index contributed by atoms with van der Waals surface area (Å²) in [5, 5.41) is 7.00. The Morgan fingerprint density at radius 1 is 1.42 bits per heavy atom. The molecule has 0 unspecified atom stereocenters. The molecule has 1 fully saturated rings. The molecule has 1 saturated carbocycles. The molecule has 1 atom stereocenters. The lowest BCUT2D eigenvalue weighted by molar-refractivity contribution is -0.121. The molecule has 0 radical (unpaired) electrons. The maximum atomic E-state index is 11.9. The van der Waals surface area contributed by atoms with Crippen LogP contribution in [0.15, 0.2) is 24.3 Å². The molecule has 1 amide bonds. The molecule has 2 N–H and O–H groups in total. The number of benzene rings is 1. The van der Waals surface area contributed by atoms with Gasteiger partial charge < -0.3 is 10.6 Å². The lowest BCUT2D eigenvalue weighted by Gasteiger charge is -2.16. The molecule has 0 aliphatic heterocycles. The van der Waals surface area contributed by atoms with E-state index in [9.17, 15) is 4.79 Å². The summed E-state index contributed by atoms with van der Waals surface area (Å²) in [5.74, 6) is 0.0411. The van der Waals surface area contributed by atoms with Crippen molar-refractivity contribution in [2.75, 3.05) is 6.54 Å². The van der Waals surface area contributed by atoms with E-state index < -0.39 is 0 Å². The average molecular weight is 281 g/mol. The van der Waals surface area contributed by atoms with Crippen LogP contribution in [0.5, 0.6) is 0 Å². The van der Waals surface area contributed by atoms with Gasteiger partial charge >= 0.3 is 0 Å². The monoisotopic (exact) mass is 280 g/mol. The average Bonchev–Trinajstić information content (AvgIpc) is 2.89. The molecule has 4 heteroatoms. The smallest absolute Gasteiger partial charge is 0.234 e. The van der Waals surface area contributed by atoms with E-state index >= 15 is 0 Å². The van der Waals surface area contributed by atoms with Crippen molar-refractivity contribution in [3.05, 3.63) is 34.9 Å². The van der Waals surface area contributed by atoms with Crippen LogP contribution in [-0.2, 0) is 4.79 Å². The van der Waals surface area contributed by atoms with Gasteiger partial charge in [-0.25, -0.2) is 0 Å². The first kappa shape index (κ1) is 14.4. The summed E-state index contributed by atoms with van der Waals surface area (Å²) in [6.07, 6.45) is 4.94. The fourth-order valence-electron chi connectivity index (χ4n) is 2.52. The molecule has 0 bridgehead atoms. The van der Waals surface area contributed by atoms with Crippen LogP contribution < -0.4 is 10.6 Å². The van der Waals surface area contributed by atoms with Crippen LogP contribution in [0.2, 0.25) is 5.02 Å². The molecule has 1 aromatic rings. The van der Waals surface area contributed by atoms with Crippen molar-refractivity contribution in [1.29, 1.82) is 0 Å². The van der Waals surface area contributed by atoms with E-state index in [1.165, 1.54) is 25.7 Å². The van der Waals surface area contributed by atoms with Gasteiger partial charge in [-0.3, -0.25) is 4.79 Å². The Bertz CT molecular complexity index is 430. The van der Waals surface area contributed by atoms with Gasteiger partial charge in [-0.15, -0.1) is 0 Å². The van der Waals surface area contributed by atoms with Gasteiger partial charge in [0.05, 0.1) is 12.6 Å². The van der Waals surface area contributed by atoms with Gasteiger partial charge in [0.2, 0.25) is 5.91 Å². The number of nitrogens with one attached hydrogen (secondary N) is 2. The first-order chi connectivity index (χ1) is 9.15. The van der Waals surface area contributed by atoms with E-state index in [1.54, 1.807) is 0 Å². The Balaban J connectivity index is 1.77. The van der Waals surface area contributed by atoms with Crippen molar-refractivity contribution < 1.29 is 4.79 Å². The third kappa shape index (κ3) is 4.51. The first-order valence-electron chi connectivity index (χ1n) is 6.93. The molecule has 0 heterocycles. The van der Waals surface area contributed by atoms with Crippen LogP contribution in [0, 0.1) is 0 Å². The molecule has 0 saturated heterocycles. The number of halogens is 1. The molecule has 1 aliphatic rings. The maximum absolute atomic E-state index is 11.9. The molecule has 104 valence electrons. The van der Waals surface area contributed by atoms with E-state index in [4.69, 9.17) is 11.6 Å². The third-order valence-electron chi connectivity index (χ3n) is 3.63. The Hall–Kier alpha value is -1.06. The quantitative estimate of drug-likeness (QED) is 0.870. The van der Waals surface area contributed by atoms with Crippen LogP contribution >= 0.6 is 11.6 Å². The zero-order chi connectivity index (χ0) is 13.7. The molecule has 2 rings (SSSR count). The molecule has 19 heavy (non-hydrogen) atoms. The van der Waals surface area contributed by atoms with Gasteiger partial charge in [0.25, 0.3) is 0 Å². The van der Waals surface area contributed by atoms with Crippen LogP contribution in [0.3, 0.4) is 0 Å². The molecule has 1 aliphatic carbocycles. The van der Waals surface area contributed by atoms with Crippen molar-refractivity contribution in [3.63, 3.8) is 0 Å². The number of carbonyl (C=O) groups excluding carboxylic acids is 1. The largest absolute Gasteiger partial charge is 0.348 e. The lowest BCUT2D eigenvalue weighted by Crippen LogP contribution is -2.39. The highest BCUT2D eigenvalue weighted by Crippen LogP contribution is 2.18. The van der Waals surface area contributed by atoms with Crippen LogP contribution in [0.25, 0.3) is 0 Å². The number of amides is 1. The number of hydrogen-bond acceptors (Lipinski definition) is 2. The molecule has 3 nitrogen and oxygen atoms in total. The third-order valence-corrected chi connectivity index (χ3v) is 3.87. The van der Waals surface area contributed by atoms with Crippen molar-refractivity contribution in [2.45, 2.75) is 44.7 Å². The molecular weight excluding hydrogens is 260 g/mol. The summed E-state index contributed by atoms with van der Waals surface area (Å²) < 4.78 is 0. The second-order valence-electron chi connectivity index (χ2n) is 5.21. The summed E-state index contributed by atoms with van der Waals surface area (Å²) in [4.78, 5) is 11.9. The van der Waals surface area contributed by atoms with E-state index in [0.29, 0.717) is 17.6 Å². The minimum absolute atomic E-state index is 0.0171. The summed E-state index contributed by atoms with van der Waals surface area (Å²) in [5.41, 5.74) is 1.03. The zero-order valence-corrected chi connectivity index (χ0v) is 12.0. The summed E-state index contributed by atoms with van der Waals surface area (Å²) in [6.45, 7) is 2.37. The Morgan fingerprint density at radius 3 is 2.84 bits per heavy atom. The van der Waals surface area contributed by atoms with Gasteiger partial charge in [0, 0.05) is 11.1 Å². The second-order valence-corrected chi connectivity index (χ2v) is 5.64. The molecule has 1 aromatic carbocycles. The second kappa shape index (κ2) is 6.92. The highest BCUT2D eigenvalue weighted by molar-refractivity contribution is 6.30. The number of hydrogen-bond donors (Lipinski definition) is 2. The predicted molar refractivity (Wildman–Crippen MR) is 78.3 cm³/mol. The minimum atomic E-state index is -0.0171. The number of carbonyl (C=O) groups is 1. The number of rotatable bonds is 5. The van der Waals surface area contributed by atoms with Crippen molar-refractivity contribution in [2.24, 2.45) is 0 Å². The highest BCUT2D eigenvalue weighted by atomic mass is 35.5. The summed E-state index contributed by atoms with van der Waals surface area (Å²) >= 11 is 5.95. The summed E-state index contributed by atoms with van der Waals surface area (Å²) in [6, 6.07) is 8.10. The highest BCUT2D eigenvalue weighted by Gasteiger charge is 2.16. The molecular formula is C15H21ClN2O. The van der Waals surface area contributed by atoms with Crippen LogP contribution in [0.4, 0.5) is 0 Å². The van der Waals surface area contributed by atoms with Gasteiger partial charge in [0.1, 0.15) is 0 Å². The van der Waals surface area contributed by atoms with E-state index in [1.807, 2.05) is 31.2 Å². The maximum Gasteiger partial charge on any atom is 0.234 e. The Labute approximate surface area is 119 Å². The standard InChI is InChI=1S/C15H21ClN2O/c1-11(12-5-4-6-13(16)9-12)18-15(19)10-17-14-7-2-3-8-14/h4-6,9,11,14,17H,2-3,7-8,10H2,1H3,(H,18,19)/t11-/m0/s1. The van der Waals surface area contributed by atoms with Crippen molar-refractivity contribution in [3.8, 4) is 0 Å². The molecule has 0 aromatic heterocycles. The van der Waals surface area contributed by atoms with Crippen LogP contribution in [0.1, 0.15) is 44.2 Å². The van der Waals surface area contributed by atoms with Crippen molar-refractivity contribution in [1.82, 2.24) is 10.6 Å². The predicted octanol–water partition coefficient (Wildman–Crippen LogP) is 3.05. The van der Waals surface area contributed by atoms with Gasteiger partial charge in [0.15, 0.2) is 0 Å². The van der Waals surface area contributed by atoms with Gasteiger partial charge in [-0.1, -0.05) is 36.6 Å². The SMILES string of the molecule is C[C@H](NC(=O)CNC1CCCC1)c1cccc(Cl)c1. The minimum Gasteiger partial charge on any atom is -0.348 e. The van der Waals surface area contributed by atoms with Crippen LogP contribution in [-0.4, -0.2) is 18.5 Å². The molecule has 0 spiro atoms. The fourth-order valence-corrected chi connectivity index (χ4v) is 2.72. The van der Waals surface area contributed by atoms with E-state index in [2.05, 4.69) is 10.6 Å².